The SMILES string of the molecule is c1coc(CNC2CCCc3c2[nH]c2ccccc32)c1. The maximum Gasteiger partial charge on any atom is 0.117 e. The molecule has 0 saturated carbocycles. The maximum absolute atomic E-state index is 5.40. The molecule has 2 heterocycles. The van der Waals surface area contributed by atoms with Crippen LogP contribution in [0.25, 0.3) is 10.9 Å². The van der Waals surface area contributed by atoms with Gasteiger partial charge in [0, 0.05) is 22.6 Å². The molecule has 1 atom stereocenters. The number of hydrogen-bond acceptors (Lipinski definition) is 2. The van der Waals surface area contributed by atoms with Crippen LogP contribution in [0.1, 0.15) is 35.9 Å². The predicted molar refractivity (Wildman–Crippen MR) is 79.5 cm³/mol. The number of aryl methyl sites for hydroxylation is 1. The van der Waals surface area contributed by atoms with Gasteiger partial charge < -0.3 is 14.7 Å². The van der Waals surface area contributed by atoms with Gasteiger partial charge in [-0.05, 0) is 43.0 Å². The number of nitrogens with one attached hydrogen (secondary N) is 2. The molecule has 0 saturated heterocycles. The summed E-state index contributed by atoms with van der Waals surface area (Å²) in [4.78, 5) is 3.60. The summed E-state index contributed by atoms with van der Waals surface area (Å²) in [6.07, 6.45) is 5.33. The van der Waals surface area contributed by atoms with Crippen LogP contribution in [-0.4, -0.2) is 4.98 Å². The molecule has 0 amide bonds. The summed E-state index contributed by atoms with van der Waals surface area (Å²) in [6.45, 7) is 0.784. The van der Waals surface area contributed by atoms with Gasteiger partial charge in [-0.2, -0.15) is 0 Å². The molecule has 0 spiro atoms. The van der Waals surface area contributed by atoms with E-state index in [1.165, 1.54) is 41.4 Å². The van der Waals surface area contributed by atoms with Crippen LogP contribution in [0.4, 0.5) is 0 Å². The fraction of sp³-hybridized carbons (Fsp3) is 0.294. The van der Waals surface area contributed by atoms with Crippen molar-refractivity contribution in [2.24, 2.45) is 0 Å². The molecule has 4 rings (SSSR count). The zero-order valence-corrected chi connectivity index (χ0v) is 11.4. The number of para-hydroxylation sites is 1. The summed E-state index contributed by atoms with van der Waals surface area (Å²) in [7, 11) is 0. The van der Waals surface area contributed by atoms with Crippen molar-refractivity contribution in [3.8, 4) is 0 Å². The third-order valence-electron chi connectivity index (χ3n) is 4.22. The van der Waals surface area contributed by atoms with Crippen molar-refractivity contribution >= 4 is 10.9 Å². The number of hydrogen-bond donors (Lipinski definition) is 2. The summed E-state index contributed by atoms with van der Waals surface area (Å²) in [5.41, 5.74) is 4.11. The van der Waals surface area contributed by atoms with Crippen LogP contribution in [0.5, 0.6) is 0 Å². The second kappa shape index (κ2) is 4.84. The quantitative estimate of drug-likeness (QED) is 0.754. The van der Waals surface area contributed by atoms with Gasteiger partial charge in [-0.15, -0.1) is 0 Å². The van der Waals surface area contributed by atoms with Gasteiger partial charge >= 0.3 is 0 Å². The fourth-order valence-electron chi connectivity index (χ4n) is 3.26. The molecule has 0 bridgehead atoms. The average molecular weight is 266 g/mol. The topological polar surface area (TPSA) is 41.0 Å². The smallest absolute Gasteiger partial charge is 0.117 e. The first-order valence-corrected chi connectivity index (χ1v) is 7.27. The van der Waals surface area contributed by atoms with Crippen LogP contribution in [0.3, 0.4) is 0 Å². The molecule has 3 aromatic rings. The Labute approximate surface area is 118 Å². The molecule has 0 radical (unpaired) electrons. The van der Waals surface area contributed by atoms with E-state index in [9.17, 15) is 0 Å². The first-order valence-electron chi connectivity index (χ1n) is 7.27. The van der Waals surface area contributed by atoms with Crippen LogP contribution in [0.2, 0.25) is 0 Å². The number of H-pyrrole nitrogens is 1. The molecule has 2 N–H and O–H groups in total. The normalized spacial score (nSPS) is 18.3. The van der Waals surface area contributed by atoms with E-state index in [1.807, 2.05) is 12.1 Å². The highest BCUT2D eigenvalue weighted by Gasteiger charge is 2.23. The Kier molecular flexibility index (Phi) is 2.85. The molecule has 1 aliphatic rings. The zero-order valence-electron chi connectivity index (χ0n) is 11.4. The Bertz CT molecular complexity index is 712. The molecule has 1 aliphatic carbocycles. The predicted octanol–water partition coefficient (Wildman–Crippen LogP) is 3.93. The molecule has 102 valence electrons. The van der Waals surface area contributed by atoms with Crippen LogP contribution >= 0.6 is 0 Å². The second-order valence-electron chi connectivity index (χ2n) is 5.47. The Morgan fingerprint density at radius 3 is 3.05 bits per heavy atom. The van der Waals surface area contributed by atoms with E-state index >= 15 is 0 Å². The summed E-state index contributed by atoms with van der Waals surface area (Å²) in [6, 6.07) is 13.0. The van der Waals surface area contributed by atoms with Crippen molar-refractivity contribution in [1.29, 1.82) is 0 Å². The number of aromatic nitrogens is 1. The van der Waals surface area contributed by atoms with E-state index in [4.69, 9.17) is 4.42 Å². The highest BCUT2D eigenvalue weighted by molar-refractivity contribution is 5.85. The van der Waals surface area contributed by atoms with E-state index in [1.54, 1.807) is 6.26 Å². The van der Waals surface area contributed by atoms with Crippen LogP contribution in [0.15, 0.2) is 47.1 Å². The molecule has 2 aromatic heterocycles. The minimum absolute atomic E-state index is 0.399. The summed E-state index contributed by atoms with van der Waals surface area (Å²) >= 11 is 0. The maximum atomic E-state index is 5.40. The van der Waals surface area contributed by atoms with Crippen LogP contribution in [-0.2, 0) is 13.0 Å². The number of fused-ring (bicyclic) bond motifs is 3. The Morgan fingerprint density at radius 2 is 2.15 bits per heavy atom. The fourth-order valence-corrected chi connectivity index (χ4v) is 3.26. The van der Waals surface area contributed by atoms with Crippen molar-refractivity contribution in [1.82, 2.24) is 10.3 Å². The lowest BCUT2D eigenvalue weighted by Gasteiger charge is -2.23. The van der Waals surface area contributed by atoms with Crippen molar-refractivity contribution in [2.45, 2.75) is 31.8 Å². The molecule has 0 aliphatic heterocycles. The minimum atomic E-state index is 0.399. The van der Waals surface area contributed by atoms with Gasteiger partial charge in [0.2, 0.25) is 0 Å². The molecule has 0 fully saturated rings. The first kappa shape index (κ1) is 11.8. The van der Waals surface area contributed by atoms with Crippen molar-refractivity contribution in [2.75, 3.05) is 0 Å². The second-order valence-corrected chi connectivity index (χ2v) is 5.47. The van der Waals surface area contributed by atoms with E-state index in [0.717, 1.165) is 12.3 Å². The Balaban J connectivity index is 1.64. The van der Waals surface area contributed by atoms with E-state index in [0.29, 0.717) is 6.04 Å². The van der Waals surface area contributed by atoms with Gasteiger partial charge in [-0.25, -0.2) is 0 Å². The van der Waals surface area contributed by atoms with Gasteiger partial charge in [0.15, 0.2) is 0 Å². The summed E-state index contributed by atoms with van der Waals surface area (Å²) in [5.74, 6) is 0.994. The number of aromatic amines is 1. The van der Waals surface area contributed by atoms with Gasteiger partial charge in [-0.1, -0.05) is 18.2 Å². The number of rotatable bonds is 3. The lowest BCUT2D eigenvalue weighted by molar-refractivity contribution is 0.413. The van der Waals surface area contributed by atoms with E-state index in [-0.39, 0.29) is 0 Å². The van der Waals surface area contributed by atoms with Crippen molar-refractivity contribution in [3.05, 3.63) is 59.7 Å². The summed E-state index contributed by atoms with van der Waals surface area (Å²) < 4.78 is 5.40. The van der Waals surface area contributed by atoms with Crippen LogP contribution in [0, 0.1) is 0 Å². The standard InChI is InChI=1S/C17H18N2O/c1-2-8-15-13(6-1)14-7-3-9-16(17(14)19-15)18-11-12-5-4-10-20-12/h1-2,4-6,8,10,16,18-19H,3,7,9,11H2. The largest absolute Gasteiger partial charge is 0.468 e. The van der Waals surface area contributed by atoms with Crippen molar-refractivity contribution in [3.63, 3.8) is 0 Å². The van der Waals surface area contributed by atoms with E-state index < -0.39 is 0 Å². The Hall–Kier alpha value is -2.00. The molecule has 3 nitrogen and oxygen atoms in total. The molecule has 1 aromatic carbocycles. The molecular weight excluding hydrogens is 248 g/mol. The first-order chi connectivity index (χ1) is 9.92. The number of benzene rings is 1. The van der Waals surface area contributed by atoms with Gasteiger partial charge in [0.1, 0.15) is 5.76 Å². The minimum Gasteiger partial charge on any atom is -0.468 e. The lowest BCUT2D eigenvalue weighted by atomic mass is 9.91. The highest BCUT2D eigenvalue weighted by Crippen LogP contribution is 2.34. The van der Waals surface area contributed by atoms with Crippen molar-refractivity contribution < 1.29 is 4.42 Å². The van der Waals surface area contributed by atoms with E-state index in [2.05, 4.69) is 34.6 Å². The van der Waals surface area contributed by atoms with Gasteiger partial charge in [-0.3, -0.25) is 0 Å². The zero-order chi connectivity index (χ0) is 13.4. The third-order valence-corrected chi connectivity index (χ3v) is 4.22. The van der Waals surface area contributed by atoms with Gasteiger partial charge in [0.05, 0.1) is 12.8 Å². The summed E-state index contributed by atoms with van der Waals surface area (Å²) in [5, 5.41) is 5.00. The molecular formula is C17H18N2O. The monoisotopic (exact) mass is 266 g/mol. The third kappa shape index (κ3) is 1.95. The molecule has 3 heteroatoms. The van der Waals surface area contributed by atoms with Crippen LogP contribution < -0.4 is 5.32 Å². The average Bonchev–Trinajstić information content (AvgIpc) is 3.12. The number of furan rings is 1. The molecule has 20 heavy (non-hydrogen) atoms. The van der Waals surface area contributed by atoms with Gasteiger partial charge in [0.25, 0.3) is 0 Å². The Morgan fingerprint density at radius 1 is 1.20 bits per heavy atom. The molecule has 1 unspecified atom stereocenters. The highest BCUT2D eigenvalue weighted by atomic mass is 16.3. The lowest BCUT2D eigenvalue weighted by Crippen LogP contribution is -2.24.